The summed E-state index contributed by atoms with van der Waals surface area (Å²) >= 11 is 0. The van der Waals surface area contributed by atoms with Gasteiger partial charge in [-0.15, -0.1) is 6.58 Å². The smallest absolute Gasteiger partial charge is 0.416 e. The van der Waals surface area contributed by atoms with Crippen molar-refractivity contribution < 1.29 is 17.9 Å². The first kappa shape index (κ1) is 13.6. The Kier molecular flexibility index (Phi) is 4.21. The lowest BCUT2D eigenvalue weighted by molar-refractivity contribution is -0.137. The maximum absolute atomic E-state index is 12.6. The van der Waals surface area contributed by atoms with Crippen LogP contribution in [-0.4, -0.2) is 7.11 Å². The molecule has 17 heavy (non-hydrogen) atoms. The summed E-state index contributed by atoms with van der Waals surface area (Å²) in [6.07, 6.45) is -2.03. The van der Waals surface area contributed by atoms with Gasteiger partial charge < -0.3 is 4.74 Å². The number of hydrogen-bond donors (Lipinski definition) is 0. The fraction of sp³-hybridized carbons (Fsp3) is 0.385. The zero-order chi connectivity index (χ0) is 13.1. The van der Waals surface area contributed by atoms with Gasteiger partial charge in [0, 0.05) is 0 Å². The van der Waals surface area contributed by atoms with Gasteiger partial charge >= 0.3 is 6.18 Å². The van der Waals surface area contributed by atoms with Crippen molar-refractivity contribution in [1.82, 2.24) is 0 Å². The molecule has 0 aliphatic carbocycles. The van der Waals surface area contributed by atoms with E-state index in [2.05, 4.69) is 6.58 Å². The Balaban J connectivity index is 3.19. The molecule has 0 saturated heterocycles. The van der Waals surface area contributed by atoms with E-state index in [1.165, 1.54) is 13.2 Å². The molecule has 0 bridgehead atoms. The standard InChI is InChI=1S/C13H15F3O/c1-4-5-9(2)11-8-10(13(14,15)16)6-7-12(11)17-3/h4,6-9H,1,5H2,2-3H3. The van der Waals surface area contributed by atoms with E-state index in [-0.39, 0.29) is 5.92 Å². The molecule has 0 heterocycles. The lowest BCUT2D eigenvalue weighted by atomic mass is 9.95. The summed E-state index contributed by atoms with van der Waals surface area (Å²) < 4.78 is 42.9. The molecule has 1 nitrogen and oxygen atoms in total. The van der Waals surface area contributed by atoms with E-state index in [4.69, 9.17) is 4.74 Å². The number of rotatable bonds is 4. The summed E-state index contributed by atoms with van der Waals surface area (Å²) in [5, 5.41) is 0. The van der Waals surface area contributed by atoms with Gasteiger partial charge in [-0.25, -0.2) is 0 Å². The lowest BCUT2D eigenvalue weighted by Crippen LogP contribution is -2.07. The zero-order valence-corrected chi connectivity index (χ0v) is 9.84. The first-order chi connectivity index (χ1) is 7.90. The van der Waals surface area contributed by atoms with Gasteiger partial charge in [0.1, 0.15) is 5.75 Å². The van der Waals surface area contributed by atoms with Crippen LogP contribution >= 0.6 is 0 Å². The van der Waals surface area contributed by atoms with Crippen molar-refractivity contribution in [3.05, 3.63) is 42.0 Å². The van der Waals surface area contributed by atoms with Gasteiger partial charge in [-0.05, 0) is 36.1 Å². The molecular formula is C13H15F3O. The molecule has 0 saturated carbocycles. The minimum atomic E-state index is -4.32. The zero-order valence-electron chi connectivity index (χ0n) is 9.84. The van der Waals surface area contributed by atoms with Crippen molar-refractivity contribution in [2.75, 3.05) is 7.11 Å². The van der Waals surface area contributed by atoms with Crippen LogP contribution in [0.5, 0.6) is 5.75 Å². The highest BCUT2D eigenvalue weighted by atomic mass is 19.4. The van der Waals surface area contributed by atoms with Gasteiger partial charge in [0.15, 0.2) is 0 Å². The molecule has 0 aromatic heterocycles. The Hall–Kier alpha value is -1.45. The monoisotopic (exact) mass is 244 g/mol. The van der Waals surface area contributed by atoms with Crippen LogP contribution in [0.15, 0.2) is 30.9 Å². The van der Waals surface area contributed by atoms with E-state index in [1.807, 2.05) is 6.92 Å². The van der Waals surface area contributed by atoms with Crippen molar-refractivity contribution in [3.8, 4) is 5.75 Å². The summed E-state index contributed by atoms with van der Waals surface area (Å²) in [5.41, 5.74) is -0.0913. The van der Waals surface area contributed by atoms with Crippen molar-refractivity contribution in [3.63, 3.8) is 0 Å². The second-order valence-corrected chi connectivity index (χ2v) is 3.88. The largest absolute Gasteiger partial charge is 0.496 e. The molecule has 0 aliphatic rings. The molecule has 4 heteroatoms. The first-order valence-electron chi connectivity index (χ1n) is 5.26. The Morgan fingerprint density at radius 1 is 1.41 bits per heavy atom. The molecule has 94 valence electrons. The van der Waals surface area contributed by atoms with Crippen LogP contribution < -0.4 is 4.74 Å². The maximum atomic E-state index is 12.6. The number of allylic oxidation sites excluding steroid dienone is 1. The minimum Gasteiger partial charge on any atom is -0.496 e. The number of benzene rings is 1. The Bertz CT molecular complexity index is 396. The summed E-state index contributed by atoms with van der Waals surface area (Å²) in [4.78, 5) is 0. The van der Waals surface area contributed by atoms with Crippen molar-refractivity contribution >= 4 is 0 Å². The number of methoxy groups -OCH3 is 1. The first-order valence-corrected chi connectivity index (χ1v) is 5.26. The van der Waals surface area contributed by atoms with Crippen LogP contribution in [0.4, 0.5) is 13.2 Å². The van der Waals surface area contributed by atoms with E-state index in [0.717, 1.165) is 12.1 Å². The van der Waals surface area contributed by atoms with Crippen molar-refractivity contribution in [2.45, 2.75) is 25.4 Å². The molecule has 1 aromatic rings. The van der Waals surface area contributed by atoms with Gasteiger partial charge in [-0.1, -0.05) is 13.0 Å². The minimum absolute atomic E-state index is 0.0512. The molecule has 0 N–H and O–H groups in total. The quantitative estimate of drug-likeness (QED) is 0.713. The molecule has 0 amide bonds. The Labute approximate surface area is 98.9 Å². The Morgan fingerprint density at radius 2 is 2.06 bits per heavy atom. The fourth-order valence-electron chi connectivity index (χ4n) is 1.67. The second kappa shape index (κ2) is 5.25. The molecule has 1 atom stereocenters. The summed E-state index contributed by atoms with van der Waals surface area (Å²) in [5.74, 6) is 0.428. The average molecular weight is 244 g/mol. The highest BCUT2D eigenvalue weighted by molar-refractivity contribution is 5.40. The highest BCUT2D eigenvalue weighted by Gasteiger charge is 2.31. The Morgan fingerprint density at radius 3 is 2.53 bits per heavy atom. The second-order valence-electron chi connectivity index (χ2n) is 3.88. The molecule has 1 aromatic carbocycles. The van der Waals surface area contributed by atoms with Gasteiger partial charge in [0.25, 0.3) is 0 Å². The van der Waals surface area contributed by atoms with Crippen LogP contribution in [-0.2, 0) is 6.18 Å². The van der Waals surface area contributed by atoms with Gasteiger partial charge in [0.2, 0.25) is 0 Å². The molecular weight excluding hydrogens is 229 g/mol. The van der Waals surface area contributed by atoms with Crippen LogP contribution in [0, 0.1) is 0 Å². The number of hydrogen-bond acceptors (Lipinski definition) is 1. The number of alkyl halides is 3. The van der Waals surface area contributed by atoms with E-state index in [1.54, 1.807) is 6.08 Å². The molecule has 0 aliphatic heterocycles. The van der Waals surface area contributed by atoms with E-state index < -0.39 is 11.7 Å². The van der Waals surface area contributed by atoms with Crippen molar-refractivity contribution in [1.29, 1.82) is 0 Å². The molecule has 1 unspecified atom stereocenters. The lowest BCUT2D eigenvalue weighted by Gasteiger charge is -2.16. The molecule has 0 spiro atoms. The van der Waals surface area contributed by atoms with E-state index in [9.17, 15) is 13.2 Å². The topological polar surface area (TPSA) is 9.23 Å². The third kappa shape index (κ3) is 3.25. The SMILES string of the molecule is C=CCC(C)c1cc(C(F)(F)F)ccc1OC. The highest BCUT2D eigenvalue weighted by Crippen LogP contribution is 2.36. The van der Waals surface area contributed by atoms with Crippen LogP contribution in [0.2, 0.25) is 0 Å². The average Bonchev–Trinajstić information content (AvgIpc) is 2.27. The molecule has 1 rings (SSSR count). The number of halogens is 3. The van der Waals surface area contributed by atoms with E-state index >= 15 is 0 Å². The van der Waals surface area contributed by atoms with Crippen LogP contribution in [0.3, 0.4) is 0 Å². The molecule has 0 fully saturated rings. The third-order valence-electron chi connectivity index (χ3n) is 2.61. The molecule has 0 radical (unpaired) electrons. The van der Waals surface area contributed by atoms with Gasteiger partial charge in [0.05, 0.1) is 12.7 Å². The van der Waals surface area contributed by atoms with E-state index in [0.29, 0.717) is 17.7 Å². The van der Waals surface area contributed by atoms with Crippen LogP contribution in [0.1, 0.15) is 30.4 Å². The van der Waals surface area contributed by atoms with Gasteiger partial charge in [-0.3, -0.25) is 0 Å². The summed E-state index contributed by atoms with van der Waals surface area (Å²) in [6.45, 7) is 5.44. The predicted octanol–water partition coefficient (Wildman–Crippen LogP) is 4.39. The maximum Gasteiger partial charge on any atom is 0.416 e. The van der Waals surface area contributed by atoms with Gasteiger partial charge in [-0.2, -0.15) is 13.2 Å². The third-order valence-corrected chi connectivity index (χ3v) is 2.61. The fourth-order valence-corrected chi connectivity index (χ4v) is 1.67. The van der Waals surface area contributed by atoms with Crippen molar-refractivity contribution in [2.24, 2.45) is 0 Å². The number of ether oxygens (including phenoxy) is 1. The summed E-state index contributed by atoms with van der Waals surface area (Å²) in [7, 11) is 1.45. The predicted molar refractivity (Wildman–Crippen MR) is 61.2 cm³/mol. The normalized spacial score (nSPS) is 13.2. The van der Waals surface area contributed by atoms with Crippen LogP contribution in [0.25, 0.3) is 0 Å². The summed E-state index contributed by atoms with van der Waals surface area (Å²) in [6, 6.07) is 3.54.